The predicted octanol–water partition coefficient (Wildman–Crippen LogP) is 0.922. The second kappa shape index (κ2) is 4.63. The van der Waals surface area contributed by atoms with Crippen molar-refractivity contribution in [2.75, 3.05) is 0 Å². The van der Waals surface area contributed by atoms with Crippen LogP contribution < -0.4 is 11.1 Å². The molecule has 4 nitrogen and oxygen atoms in total. The summed E-state index contributed by atoms with van der Waals surface area (Å²) < 4.78 is 0. The van der Waals surface area contributed by atoms with Crippen LogP contribution >= 0.6 is 0 Å². The molecule has 1 saturated carbocycles. The summed E-state index contributed by atoms with van der Waals surface area (Å²) >= 11 is 0. The smallest absolute Gasteiger partial charge is 0.219 e. The molecule has 1 amide bonds. The van der Waals surface area contributed by atoms with Gasteiger partial charge < -0.3 is 11.1 Å². The van der Waals surface area contributed by atoms with E-state index in [9.17, 15) is 4.79 Å². The van der Waals surface area contributed by atoms with Crippen LogP contribution in [0.25, 0.3) is 0 Å². The minimum atomic E-state index is -0.310. The number of carbonyl (C=O) groups is 1. The second-order valence-electron chi connectivity index (χ2n) is 4.94. The normalized spacial score (nSPS) is 26.2. The van der Waals surface area contributed by atoms with Gasteiger partial charge in [-0.1, -0.05) is 6.42 Å². The molecule has 84 valence electrons. The Morgan fingerprint density at radius 3 is 2.80 bits per heavy atom. The minimum Gasteiger partial charge on any atom is -0.370 e. The predicted molar refractivity (Wildman–Crippen MR) is 57.8 cm³/mol. The number of primary amides is 1. The van der Waals surface area contributed by atoms with Gasteiger partial charge in [-0.2, -0.15) is 5.26 Å². The molecule has 3 N–H and O–H groups in total. The maximum absolute atomic E-state index is 10.9. The van der Waals surface area contributed by atoms with E-state index in [2.05, 4.69) is 11.4 Å². The number of hydrogen-bond acceptors (Lipinski definition) is 3. The summed E-state index contributed by atoms with van der Waals surface area (Å²) in [4.78, 5) is 10.9. The number of nitrogens with two attached hydrogens (primary N) is 1. The van der Waals surface area contributed by atoms with Gasteiger partial charge in [0, 0.05) is 18.0 Å². The molecule has 1 aliphatic rings. The third kappa shape index (κ3) is 3.52. The molecule has 0 bridgehead atoms. The van der Waals surface area contributed by atoms with Crippen LogP contribution in [0.3, 0.4) is 0 Å². The van der Waals surface area contributed by atoms with Gasteiger partial charge in [0.15, 0.2) is 0 Å². The van der Waals surface area contributed by atoms with E-state index in [1.807, 2.05) is 13.8 Å². The van der Waals surface area contributed by atoms with E-state index < -0.39 is 0 Å². The topological polar surface area (TPSA) is 78.9 Å². The molecule has 0 aromatic carbocycles. The maximum atomic E-state index is 10.9. The third-order valence-corrected chi connectivity index (χ3v) is 2.87. The third-order valence-electron chi connectivity index (χ3n) is 2.87. The van der Waals surface area contributed by atoms with Crippen molar-refractivity contribution >= 4 is 5.91 Å². The van der Waals surface area contributed by atoms with Crippen LogP contribution in [0.4, 0.5) is 0 Å². The number of hydrogen-bond donors (Lipinski definition) is 2. The van der Waals surface area contributed by atoms with Crippen molar-refractivity contribution in [3.05, 3.63) is 0 Å². The molecule has 0 saturated heterocycles. The molecule has 0 aromatic rings. The standard InChI is InChI=1S/C11H19N3O/c1-11(2,6-10(13)15)14-9-5-3-4-8(9)7-12/h8-9,14H,3-6H2,1-2H3,(H2,13,15). The Hall–Kier alpha value is -1.08. The van der Waals surface area contributed by atoms with Crippen molar-refractivity contribution in [1.82, 2.24) is 5.32 Å². The molecule has 15 heavy (non-hydrogen) atoms. The SMILES string of the molecule is CC(C)(CC(N)=O)NC1CCCC1C#N. The number of rotatable bonds is 4. The Bertz CT molecular complexity index is 280. The Morgan fingerprint density at radius 2 is 2.27 bits per heavy atom. The van der Waals surface area contributed by atoms with Gasteiger partial charge in [0.1, 0.15) is 0 Å². The first kappa shape index (κ1) is 12.0. The zero-order valence-electron chi connectivity index (χ0n) is 9.42. The van der Waals surface area contributed by atoms with Crippen LogP contribution in [0.15, 0.2) is 0 Å². The molecule has 4 heteroatoms. The average Bonchev–Trinajstić information content (AvgIpc) is 2.48. The first-order chi connectivity index (χ1) is 6.94. The zero-order valence-corrected chi connectivity index (χ0v) is 9.42. The molecular weight excluding hydrogens is 190 g/mol. The number of carbonyl (C=O) groups excluding carboxylic acids is 1. The average molecular weight is 209 g/mol. The Kier molecular flexibility index (Phi) is 3.70. The Balaban J connectivity index is 2.53. The summed E-state index contributed by atoms with van der Waals surface area (Å²) in [7, 11) is 0. The van der Waals surface area contributed by atoms with Crippen molar-refractivity contribution in [2.24, 2.45) is 11.7 Å². The van der Waals surface area contributed by atoms with E-state index in [1.165, 1.54) is 0 Å². The van der Waals surface area contributed by atoms with Crippen LogP contribution in [-0.4, -0.2) is 17.5 Å². The molecule has 0 aliphatic heterocycles. The van der Waals surface area contributed by atoms with Crippen molar-refractivity contribution in [1.29, 1.82) is 5.26 Å². The van der Waals surface area contributed by atoms with Crippen LogP contribution in [0.1, 0.15) is 39.5 Å². The quantitative estimate of drug-likeness (QED) is 0.722. The molecule has 0 aromatic heterocycles. The first-order valence-corrected chi connectivity index (χ1v) is 5.40. The van der Waals surface area contributed by atoms with Crippen LogP contribution in [0.2, 0.25) is 0 Å². The second-order valence-corrected chi connectivity index (χ2v) is 4.94. The Morgan fingerprint density at radius 1 is 1.60 bits per heavy atom. The van der Waals surface area contributed by atoms with E-state index in [0.29, 0.717) is 6.42 Å². The fourth-order valence-corrected chi connectivity index (χ4v) is 2.28. The summed E-state index contributed by atoms with van der Waals surface area (Å²) in [5, 5.41) is 12.3. The fraction of sp³-hybridized carbons (Fsp3) is 0.818. The van der Waals surface area contributed by atoms with Gasteiger partial charge in [-0.3, -0.25) is 4.79 Å². The van der Waals surface area contributed by atoms with E-state index in [-0.39, 0.29) is 23.4 Å². The lowest BCUT2D eigenvalue weighted by atomic mass is 9.96. The van der Waals surface area contributed by atoms with E-state index in [0.717, 1.165) is 19.3 Å². The molecule has 1 rings (SSSR count). The molecule has 2 atom stereocenters. The highest BCUT2D eigenvalue weighted by Gasteiger charge is 2.32. The van der Waals surface area contributed by atoms with E-state index >= 15 is 0 Å². The summed E-state index contributed by atoms with van der Waals surface area (Å²) in [6.45, 7) is 3.90. The van der Waals surface area contributed by atoms with Crippen molar-refractivity contribution < 1.29 is 4.79 Å². The van der Waals surface area contributed by atoms with Gasteiger partial charge >= 0.3 is 0 Å². The van der Waals surface area contributed by atoms with Gasteiger partial charge in [-0.25, -0.2) is 0 Å². The first-order valence-electron chi connectivity index (χ1n) is 5.40. The highest BCUT2D eigenvalue weighted by Crippen LogP contribution is 2.27. The lowest BCUT2D eigenvalue weighted by Crippen LogP contribution is -2.49. The van der Waals surface area contributed by atoms with Gasteiger partial charge in [0.05, 0.1) is 12.0 Å². The minimum absolute atomic E-state index is 0.0807. The van der Waals surface area contributed by atoms with Gasteiger partial charge in [-0.05, 0) is 26.7 Å². The van der Waals surface area contributed by atoms with Crippen LogP contribution in [0, 0.1) is 17.2 Å². The van der Waals surface area contributed by atoms with Crippen molar-refractivity contribution in [2.45, 2.75) is 51.1 Å². The largest absolute Gasteiger partial charge is 0.370 e. The molecule has 1 fully saturated rings. The zero-order chi connectivity index (χ0) is 11.5. The summed E-state index contributed by atoms with van der Waals surface area (Å²) in [5.74, 6) is -0.226. The summed E-state index contributed by atoms with van der Waals surface area (Å²) in [6.07, 6.45) is 3.37. The van der Waals surface area contributed by atoms with Gasteiger partial charge in [0.2, 0.25) is 5.91 Å². The van der Waals surface area contributed by atoms with Crippen molar-refractivity contribution in [3.8, 4) is 6.07 Å². The molecular formula is C11H19N3O. The number of nitriles is 1. The maximum Gasteiger partial charge on any atom is 0.219 e. The number of nitrogens with zero attached hydrogens (tertiary/aromatic N) is 1. The summed E-state index contributed by atoms with van der Waals surface area (Å²) in [6, 6.07) is 2.52. The molecule has 2 unspecified atom stereocenters. The number of amides is 1. The van der Waals surface area contributed by atoms with E-state index in [1.54, 1.807) is 0 Å². The lowest BCUT2D eigenvalue weighted by molar-refractivity contribution is -0.119. The molecule has 0 spiro atoms. The van der Waals surface area contributed by atoms with Gasteiger partial charge in [-0.15, -0.1) is 0 Å². The molecule has 0 heterocycles. The van der Waals surface area contributed by atoms with E-state index in [4.69, 9.17) is 11.0 Å². The van der Waals surface area contributed by atoms with Crippen LogP contribution in [0.5, 0.6) is 0 Å². The number of nitrogens with one attached hydrogen (secondary N) is 1. The lowest BCUT2D eigenvalue weighted by Gasteiger charge is -2.30. The monoisotopic (exact) mass is 209 g/mol. The fourth-order valence-electron chi connectivity index (χ4n) is 2.28. The highest BCUT2D eigenvalue weighted by molar-refractivity contribution is 5.75. The molecule has 0 radical (unpaired) electrons. The van der Waals surface area contributed by atoms with Gasteiger partial charge in [0.25, 0.3) is 0 Å². The molecule has 1 aliphatic carbocycles. The summed E-state index contributed by atoms with van der Waals surface area (Å²) in [5.41, 5.74) is 4.87. The highest BCUT2D eigenvalue weighted by atomic mass is 16.1. The van der Waals surface area contributed by atoms with Crippen molar-refractivity contribution in [3.63, 3.8) is 0 Å². The van der Waals surface area contributed by atoms with Crippen LogP contribution in [-0.2, 0) is 4.79 Å². The Labute approximate surface area is 90.8 Å².